The third-order valence-corrected chi connectivity index (χ3v) is 9.82. The minimum atomic E-state index is -0.384. The van der Waals surface area contributed by atoms with E-state index in [1.54, 1.807) is 6.07 Å². The molecule has 4 atom stereocenters. The normalized spacial score (nSPS) is 31.0. The van der Waals surface area contributed by atoms with Gasteiger partial charge in [-0.15, -0.1) is 0 Å². The number of piperidine rings is 1. The van der Waals surface area contributed by atoms with Gasteiger partial charge in [0.25, 0.3) is 0 Å². The number of ketones is 1. The van der Waals surface area contributed by atoms with Crippen molar-refractivity contribution in [3.63, 3.8) is 0 Å². The molecule has 190 valence electrons. The Hall–Kier alpha value is -2.24. The van der Waals surface area contributed by atoms with Gasteiger partial charge in [-0.2, -0.15) is 0 Å². The first-order valence-corrected chi connectivity index (χ1v) is 14.2. The first kappa shape index (κ1) is 24.1. The monoisotopic (exact) mass is 505 g/mol. The minimum Gasteiger partial charge on any atom is -0.339 e. The van der Waals surface area contributed by atoms with Crippen LogP contribution in [0.3, 0.4) is 0 Å². The number of hydrogen-bond acceptors (Lipinski definition) is 4. The zero-order chi connectivity index (χ0) is 24.7. The molecule has 1 aromatic heterocycles. The number of hydrogen-bond donors (Lipinski definition) is 1. The summed E-state index contributed by atoms with van der Waals surface area (Å²) in [5.41, 5.74) is 2.42. The lowest BCUT2D eigenvalue weighted by atomic mass is 9.64. The molecule has 3 fully saturated rings. The van der Waals surface area contributed by atoms with E-state index in [0.29, 0.717) is 54.7 Å². The number of carbonyl (C=O) groups excluding carboxylic acids is 2. The molecular formula is C30H36ClN3O2. The van der Waals surface area contributed by atoms with Gasteiger partial charge in [-0.05, 0) is 61.1 Å². The van der Waals surface area contributed by atoms with Gasteiger partial charge in [-0.3, -0.25) is 9.59 Å². The van der Waals surface area contributed by atoms with Crippen molar-refractivity contribution in [2.75, 3.05) is 19.6 Å². The molecule has 2 aliphatic carbocycles. The first-order chi connectivity index (χ1) is 17.6. The molecule has 3 heterocycles. The van der Waals surface area contributed by atoms with Crippen LogP contribution >= 0.6 is 11.6 Å². The number of halogens is 1. The van der Waals surface area contributed by atoms with Crippen molar-refractivity contribution in [3.8, 4) is 0 Å². The van der Waals surface area contributed by atoms with Crippen molar-refractivity contribution in [2.45, 2.75) is 75.2 Å². The van der Waals surface area contributed by atoms with Gasteiger partial charge >= 0.3 is 0 Å². The van der Waals surface area contributed by atoms with Gasteiger partial charge in [0.05, 0.1) is 5.92 Å². The summed E-state index contributed by atoms with van der Waals surface area (Å²) >= 11 is 6.17. The van der Waals surface area contributed by atoms with Crippen LogP contribution < -0.4 is 5.32 Å². The van der Waals surface area contributed by atoms with Crippen LogP contribution in [0.15, 0.2) is 42.5 Å². The predicted molar refractivity (Wildman–Crippen MR) is 141 cm³/mol. The lowest BCUT2D eigenvalue weighted by molar-refractivity contribution is -0.143. The second-order valence-electron chi connectivity index (χ2n) is 11.4. The van der Waals surface area contributed by atoms with Crippen LogP contribution in [0.2, 0.25) is 5.15 Å². The van der Waals surface area contributed by atoms with Crippen molar-refractivity contribution < 1.29 is 9.59 Å². The maximum absolute atomic E-state index is 14.5. The van der Waals surface area contributed by atoms with Crippen molar-refractivity contribution >= 4 is 23.3 Å². The molecule has 36 heavy (non-hydrogen) atoms. The number of nitrogens with zero attached hydrogens (tertiary/aromatic N) is 2. The van der Waals surface area contributed by atoms with Crippen LogP contribution in [-0.2, 0) is 10.2 Å². The summed E-state index contributed by atoms with van der Waals surface area (Å²) in [7, 11) is 0. The van der Waals surface area contributed by atoms with Gasteiger partial charge in [0, 0.05) is 37.5 Å². The van der Waals surface area contributed by atoms with E-state index in [9.17, 15) is 9.59 Å². The van der Waals surface area contributed by atoms with Gasteiger partial charge < -0.3 is 10.2 Å². The maximum Gasteiger partial charge on any atom is 0.228 e. The molecule has 1 spiro atoms. The number of Topliss-reactive ketones (excluding diaryl/α,β-unsaturated/α-hetero) is 1. The van der Waals surface area contributed by atoms with E-state index in [1.165, 1.54) is 37.7 Å². The van der Waals surface area contributed by atoms with Gasteiger partial charge in [-0.25, -0.2) is 4.98 Å². The fraction of sp³-hybridized carbons (Fsp3) is 0.567. The van der Waals surface area contributed by atoms with Gasteiger partial charge in [0.15, 0.2) is 5.78 Å². The summed E-state index contributed by atoms with van der Waals surface area (Å²) in [6.45, 7) is 2.18. The Balaban J connectivity index is 1.32. The van der Waals surface area contributed by atoms with Crippen LogP contribution in [0.25, 0.3) is 0 Å². The number of aromatic nitrogens is 1. The molecule has 1 N–H and O–H groups in total. The van der Waals surface area contributed by atoms with E-state index >= 15 is 0 Å². The molecule has 2 aromatic rings. The summed E-state index contributed by atoms with van der Waals surface area (Å²) in [6.07, 6.45) is 9.50. The highest BCUT2D eigenvalue weighted by Gasteiger charge is 2.54. The Morgan fingerprint density at radius 3 is 2.67 bits per heavy atom. The van der Waals surface area contributed by atoms with Crippen molar-refractivity contribution in [1.82, 2.24) is 15.2 Å². The molecule has 6 rings (SSSR count). The Morgan fingerprint density at radius 1 is 1.06 bits per heavy atom. The second-order valence-corrected chi connectivity index (χ2v) is 11.8. The smallest absolute Gasteiger partial charge is 0.228 e. The highest BCUT2D eigenvalue weighted by atomic mass is 35.5. The van der Waals surface area contributed by atoms with Gasteiger partial charge in [0.1, 0.15) is 10.8 Å². The molecule has 2 saturated heterocycles. The summed E-state index contributed by atoms with van der Waals surface area (Å²) in [6, 6.07) is 14.9. The Kier molecular flexibility index (Phi) is 6.64. The van der Waals surface area contributed by atoms with Crippen LogP contribution in [0.5, 0.6) is 0 Å². The molecule has 1 aromatic carbocycles. The molecule has 0 radical (unpaired) electrons. The average Bonchev–Trinajstić information content (AvgIpc) is 3.35. The Bertz CT molecular complexity index is 1130. The number of amides is 1. The van der Waals surface area contributed by atoms with Crippen LogP contribution in [-0.4, -0.2) is 47.3 Å². The minimum absolute atomic E-state index is 0.0416. The van der Waals surface area contributed by atoms with Gasteiger partial charge in [0.2, 0.25) is 5.91 Å². The molecular weight excluding hydrogens is 470 g/mol. The fourth-order valence-electron chi connectivity index (χ4n) is 7.73. The summed E-state index contributed by atoms with van der Waals surface area (Å²) in [4.78, 5) is 33.9. The van der Waals surface area contributed by atoms with E-state index in [-0.39, 0.29) is 23.0 Å². The molecule has 1 amide bonds. The van der Waals surface area contributed by atoms with Crippen molar-refractivity contribution in [1.29, 1.82) is 0 Å². The number of rotatable bonds is 3. The summed E-state index contributed by atoms with van der Waals surface area (Å²) < 4.78 is 0. The predicted octanol–water partition coefficient (Wildman–Crippen LogP) is 5.52. The van der Waals surface area contributed by atoms with Crippen LogP contribution in [0, 0.1) is 11.8 Å². The first-order valence-electron chi connectivity index (χ1n) is 13.8. The lowest BCUT2D eigenvalue weighted by Gasteiger charge is -2.47. The topological polar surface area (TPSA) is 62.3 Å². The average molecular weight is 506 g/mol. The van der Waals surface area contributed by atoms with Crippen LogP contribution in [0.1, 0.15) is 85.3 Å². The molecule has 4 aliphatic rings. The molecule has 6 heteroatoms. The largest absolute Gasteiger partial charge is 0.339 e. The molecule has 1 saturated carbocycles. The third kappa shape index (κ3) is 4.18. The van der Waals surface area contributed by atoms with Crippen molar-refractivity contribution in [3.05, 3.63) is 64.4 Å². The SMILES string of the molecule is O=C1CC[C@]2(CNC[C@H]2C(=O)N2CC[C@@H](c3ccccc3)C[C@H]2C2CCCCC2)c2ccc(Cl)nc21. The standard InChI is InChI=1S/C30H36ClN3O2/c31-27-12-11-23-28(33-27)26(35)13-15-30(23)19-32-18-24(30)29(36)34-16-14-22(20-7-3-1-4-8-20)17-25(34)21-9-5-2-6-10-21/h1,3-4,7-8,11-12,21-22,24-25,32H,2,5-6,9-10,13-19H2/t22-,24+,25+,30+/m1/s1. The molecule has 0 bridgehead atoms. The Morgan fingerprint density at radius 2 is 1.86 bits per heavy atom. The van der Waals surface area contributed by atoms with E-state index in [2.05, 4.69) is 45.5 Å². The number of benzene rings is 1. The second kappa shape index (κ2) is 9.90. The zero-order valence-corrected chi connectivity index (χ0v) is 21.7. The summed E-state index contributed by atoms with van der Waals surface area (Å²) in [5, 5.41) is 3.87. The molecule has 0 unspecified atom stereocenters. The number of pyridine rings is 1. The number of fused-ring (bicyclic) bond motifs is 2. The Labute approximate surface area is 219 Å². The molecule has 2 aliphatic heterocycles. The van der Waals surface area contributed by atoms with E-state index in [0.717, 1.165) is 24.9 Å². The van der Waals surface area contributed by atoms with Crippen molar-refractivity contribution in [2.24, 2.45) is 11.8 Å². The van der Waals surface area contributed by atoms with Crippen LogP contribution in [0.4, 0.5) is 0 Å². The maximum atomic E-state index is 14.5. The highest BCUT2D eigenvalue weighted by molar-refractivity contribution is 6.29. The number of nitrogens with one attached hydrogen (secondary N) is 1. The highest BCUT2D eigenvalue weighted by Crippen LogP contribution is 2.47. The van der Waals surface area contributed by atoms with E-state index in [1.807, 2.05) is 6.07 Å². The van der Waals surface area contributed by atoms with E-state index < -0.39 is 0 Å². The number of carbonyl (C=O) groups is 2. The third-order valence-electron chi connectivity index (χ3n) is 9.61. The quantitative estimate of drug-likeness (QED) is 0.557. The zero-order valence-electron chi connectivity index (χ0n) is 20.9. The fourth-order valence-corrected chi connectivity index (χ4v) is 7.88. The molecule has 5 nitrogen and oxygen atoms in total. The lowest BCUT2D eigenvalue weighted by Crippen LogP contribution is -2.55. The van der Waals surface area contributed by atoms with Gasteiger partial charge in [-0.1, -0.05) is 67.3 Å². The summed E-state index contributed by atoms with van der Waals surface area (Å²) in [5.74, 6) is 1.24. The van der Waals surface area contributed by atoms with E-state index in [4.69, 9.17) is 11.6 Å². The number of likely N-dealkylation sites (tertiary alicyclic amines) is 1.